The third-order valence-electron chi connectivity index (χ3n) is 24.8. The molecule has 414 valence electrons. The number of fused-ring (bicyclic) bond motifs is 10. The second kappa shape index (κ2) is 15.5. The Hall–Kier alpha value is -5.99. The van der Waals surface area contributed by atoms with E-state index >= 15 is 0 Å². The number of rotatable bonds is 2. The lowest BCUT2D eigenvalue weighted by atomic mass is 9.26. The quantitative estimate of drug-likeness (QED) is 0.126. The molecular weight excluding hydrogens is 986 g/mol. The van der Waals surface area contributed by atoms with E-state index < -0.39 is 0 Å². The first-order valence-electron chi connectivity index (χ1n) is 31.8. The predicted octanol–water partition coefficient (Wildman–Crippen LogP) is 16.9. The molecule has 8 aromatic rings. The van der Waals surface area contributed by atoms with Crippen LogP contribution in [0.15, 0.2) is 109 Å². The molecule has 0 saturated heterocycles. The van der Waals surface area contributed by atoms with Gasteiger partial charge in [-0.25, -0.2) is 0 Å². The van der Waals surface area contributed by atoms with Crippen LogP contribution in [-0.2, 0) is 43.3 Å². The van der Waals surface area contributed by atoms with Crippen molar-refractivity contribution in [2.24, 2.45) is 5.41 Å². The molecule has 0 fully saturated rings. The van der Waals surface area contributed by atoms with Crippen molar-refractivity contribution in [3.05, 3.63) is 154 Å². The van der Waals surface area contributed by atoms with Crippen LogP contribution < -0.4 is 42.6 Å². The molecule has 0 unspecified atom stereocenters. The lowest BCUT2D eigenvalue weighted by Crippen LogP contribution is -2.66. The molecule has 4 aliphatic carbocycles. The van der Waals surface area contributed by atoms with Crippen LogP contribution in [0.25, 0.3) is 32.7 Å². The van der Waals surface area contributed by atoms with E-state index in [1.807, 2.05) is 0 Å². The largest absolute Gasteiger partial charge is 0.311 e. The molecule has 0 N–H and O–H groups in total. The van der Waals surface area contributed by atoms with Crippen LogP contribution in [0, 0.1) is 5.41 Å². The minimum atomic E-state index is -0.0529. The second-order valence-corrected chi connectivity index (χ2v) is 33.5. The van der Waals surface area contributed by atoms with Gasteiger partial charge in [0.1, 0.15) is 0 Å². The van der Waals surface area contributed by atoms with Crippen LogP contribution in [0.4, 0.5) is 34.1 Å². The zero-order chi connectivity index (χ0) is 57.5. The molecule has 0 spiro atoms. The molecular formula is C78H86B2N2. The Kier molecular flexibility index (Phi) is 9.74. The highest BCUT2D eigenvalue weighted by molar-refractivity contribution is 7.05. The van der Waals surface area contributed by atoms with Crippen LogP contribution in [0.2, 0.25) is 0 Å². The minimum Gasteiger partial charge on any atom is -0.311 e. The number of benzene rings is 8. The first kappa shape index (κ1) is 51.6. The van der Waals surface area contributed by atoms with E-state index in [-0.39, 0.29) is 62.2 Å². The van der Waals surface area contributed by atoms with Crippen molar-refractivity contribution >= 4 is 102 Å². The van der Waals surface area contributed by atoms with Crippen LogP contribution in [0.3, 0.4) is 0 Å². The summed E-state index contributed by atoms with van der Waals surface area (Å²) in [6.45, 7) is 45.5. The third kappa shape index (κ3) is 6.41. The summed E-state index contributed by atoms with van der Waals surface area (Å²) in [4.78, 5) is 5.64. The Morgan fingerprint density at radius 3 is 1.13 bits per heavy atom. The zero-order valence-electron chi connectivity index (χ0n) is 52.9. The highest BCUT2D eigenvalue weighted by atomic mass is 15.2. The van der Waals surface area contributed by atoms with Crippen molar-refractivity contribution in [3.63, 3.8) is 0 Å². The average Bonchev–Trinajstić information content (AvgIpc) is 1.61. The van der Waals surface area contributed by atoms with Gasteiger partial charge in [0.15, 0.2) is 0 Å². The monoisotopic (exact) mass is 1070 g/mol. The second-order valence-electron chi connectivity index (χ2n) is 33.5. The molecule has 0 amide bonds. The summed E-state index contributed by atoms with van der Waals surface area (Å²) in [6, 6.07) is 46.5. The minimum absolute atomic E-state index is 0.0302. The van der Waals surface area contributed by atoms with Crippen LogP contribution in [0.1, 0.15) is 214 Å². The van der Waals surface area contributed by atoms with Crippen LogP contribution in [-0.4, -0.2) is 13.4 Å². The molecule has 0 aromatic heterocycles. The Morgan fingerprint density at radius 1 is 0.317 bits per heavy atom. The standard InChI is InChI=1S/C78H86B2N2/c1-70(2)29-31-72(5,6)50-36-46(25-27-48(50)70)81-60-40-53-52(74(9,10)33-34-75(53,11)12)38-58(60)79-56-23-19-21-44-35-45-22-20-24-57-65(45)66(64(44)56)67-68(79)62(81)42-63-69(67)80(57)59-39-55-54(76(13,14)43-77(15,16)78(55,17)18)41-61(59)82(63)47-26-28-49-51(37-47)73(7,8)32-30-71(49,3)4/h19-28,35-42H,29-34,43H2,1-18H3. The van der Waals surface area contributed by atoms with Gasteiger partial charge in [0.25, 0.3) is 0 Å². The number of anilines is 6. The Morgan fingerprint density at radius 2 is 0.695 bits per heavy atom. The van der Waals surface area contributed by atoms with E-state index in [1.54, 1.807) is 5.56 Å². The first-order chi connectivity index (χ1) is 38.4. The van der Waals surface area contributed by atoms with Gasteiger partial charge in [0.2, 0.25) is 13.4 Å². The maximum atomic E-state index is 2.82. The van der Waals surface area contributed by atoms with Gasteiger partial charge >= 0.3 is 0 Å². The summed E-state index contributed by atoms with van der Waals surface area (Å²) in [5, 5.41) is 5.62. The highest BCUT2D eigenvalue weighted by Gasteiger charge is 2.55. The van der Waals surface area contributed by atoms with Crippen molar-refractivity contribution in [1.29, 1.82) is 0 Å². The smallest absolute Gasteiger partial charge is 0.248 e. The van der Waals surface area contributed by atoms with Crippen LogP contribution >= 0.6 is 0 Å². The average molecular weight is 1070 g/mol. The van der Waals surface area contributed by atoms with Crippen molar-refractivity contribution in [3.8, 4) is 11.1 Å². The van der Waals surface area contributed by atoms with Crippen molar-refractivity contribution in [1.82, 2.24) is 0 Å². The number of nitrogens with zero attached hydrogens (tertiary/aromatic N) is 2. The SMILES string of the molecule is CC1(C)CCC(C)(C)c2cc(N3c4cc5c(cc4B4c6c3cc3c7c6-c6c8c4cccc8cc4cccc(c64)B7c4cc6c(cc4N3c3ccc4c(c3)C(C)(C)CCC4(C)C)C(C)(C)CC(C)(C)C6(C)C)C(C)(C)CCC5(C)C)ccc21. The molecule has 4 heteroatoms. The fourth-order valence-electron chi connectivity index (χ4n) is 19.1. The van der Waals surface area contributed by atoms with Crippen LogP contribution in [0.5, 0.6) is 0 Å². The molecule has 8 aromatic carbocycles. The van der Waals surface area contributed by atoms with Gasteiger partial charge in [-0.3, -0.25) is 0 Å². The van der Waals surface area contributed by atoms with E-state index in [9.17, 15) is 0 Å². The molecule has 16 rings (SSSR count). The maximum Gasteiger partial charge on any atom is 0.248 e. The van der Waals surface area contributed by atoms with Gasteiger partial charge in [-0.05, 0) is 241 Å². The fourth-order valence-corrected chi connectivity index (χ4v) is 19.1. The highest BCUT2D eigenvalue weighted by Crippen LogP contribution is 2.59. The number of hydrogen-bond donors (Lipinski definition) is 0. The van der Waals surface area contributed by atoms with E-state index in [4.69, 9.17) is 0 Å². The van der Waals surface area contributed by atoms with Gasteiger partial charge in [-0.1, -0.05) is 196 Å². The lowest BCUT2D eigenvalue weighted by molar-refractivity contribution is 0.119. The molecule has 0 saturated carbocycles. The summed E-state index contributed by atoms with van der Waals surface area (Å²) in [6.07, 6.45) is 8.23. The van der Waals surface area contributed by atoms with Crippen molar-refractivity contribution in [2.75, 3.05) is 9.80 Å². The third-order valence-corrected chi connectivity index (χ3v) is 24.8. The summed E-state index contributed by atoms with van der Waals surface area (Å²) >= 11 is 0. The van der Waals surface area contributed by atoms with Gasteiger partial charge in [0, 0.05) is 34.1 Å². The molecule has 4 aliphatic heterocycles. The molecule has 2 nitrogen and oxygen atoms in total. The maximum absolute atomic E-state index is 2.82. The van der Waals surface area contributed by atoms with Gasteiger partial charge in [-0.2, -0.15) is 0 Å². The number of hydrogen-bond acceptors (Lipinski definition) is 2. The van der Waals surface area contributed by atoms with E-state index in [2.05, 4.69) is 244 Å². The Balaban J connectivity index is 1.11. The molecule has 0 atom stereocenters. The summed E-state index contributed by atoms with van der Waals surface area (Å²) in [5.41, 5.74) is 32.3. The van der Waals surface area contributed by atoms with Crippen molar-refractivity contribution in [2.45, 2.75) is 213 Å². The molecule has 0 radical (unpaired) electrons. The zero-order valence-corrected chi connectivity index (χ0v) is 52.9. The van der Waals surface area contributed by atoms with E-state index in [0.29, 0.717) is 0 Å². The summed E-state index contributed by atoms with van der Waals surface area (Å²) in [7, 11) is 0. The molecule has 0 bridgehead atoms. The Labute approximate surface area is 492 Å². The van der Waals surface area contributed by atoms with E-state index in [1.165, 1.54) is 177 Å². The normalized spacial score (nSPS) is 22.5. The molecule has 8 aliphatic rings. The topological polar surface area (TPSA) is 6.48 Å². The van der Waals surface area contributed by atoms with Crippen molar-refractivity contribution < 1.29 is 0 Å². The van der Waals surface area contributed by atoms with Gasteiger partial charge < -0.3 is 9.80 Å². The summed E-state index contributed by atoms with van der Waals surface area (Å²) in [5.74, 6) is 0. The van der Waals surface area contributed by atoms with Gasteiger partial charge in [0.05, 0.1) is 0 Å². The fraction of sp³-hybridized carbons (Fsp3) is 0.436. The molecule has 82 heavy (non-hydrogen) atoms. The summed E-state index contributed by atoms with van der Waals surface area (Å²) < 4.78 is 0. The van der Waals surface area contributed by atoms with E-state index in [0.717, 1.165) is 6.42 Å². The molecule has 4 heterocycles. The Bertz CT molecular complexity index is 4260. The first-order valence-corrected chi connectivity index (χ1v) is 31.8. The van der Waals surface area contributed by atoms with Gasteiger partial charge in [-0.15, -0.1) is 0 Å². The lowest BCUT2D eigenvalue weighted by Gasteiger charge is -2.54. The predicted molar refractivity (Wildman–Crippen MR) is 356 cm³/mol.